The monoisotopic (exact) mass is 421 g/mol. The van der Waals surface area contributed by atoms with Gasteiger partial charge in [-0.15, -0.1) is 0 Å². The predicted octanol–water partition coefficient (Wildman–Crippen LogP) is 4.39. The summed E-state index contributed by atoms with van der Waals surface area (Å²) in [6.07, 6.45) is 1.29. The first-order valence-electron chi connectivity index (χ1n) is 10.3. The molecule has 156 valence electrons. The van der Waals surface area contributed by atoms with Gasteiger partial charge in [0.1, 0.15) is 5.60 Å². The normalized spacial score (nSPS) is 17.9. The van der Waals surface area contributed by atoms with E-state index in [1.54, 1.807) is 6.07 Å². The second-order valence-electron chi connectivity index (χ2n) is 8.04. The molecule has 4 nitrogen and oxygen atoms in total. The molecule has 0 bridgehead atoms. The van der Waals surface area contributed by atoms with Gasteiger partial charge in [0.2, 0.25) is 10.0 Å². The third-order valence-electron chi connectivity index (χ3n) is 6.04. The summed E-state index contributed by atoms with van der Waals surface area (Å²) >= 11 is 0. The molecule has 30 heavy (non-hydrogen) atoms. The third-order valence-corrected chi connectivity index (χ3v) is 8.09. The van der Waals surface area contributed by atoms with Gasteiger partial charge in [0.25, 0.3) is 0 Å². The van der Waals surface area contributed by atoms with Crippen molar-refractivity contribution >= 4 is 10.0 Å². The minimum Gasteiger partial charge on any atom is -0.379 e. The Morgan fingerprint density at radius 1 is 0.900 bits per heavy atom. The van der Waals surface area contributed by atoms with Gasteiger partial charge in [-0.05, 0) is 55.0 Å². The molecule has 3 aromatic carbocycles. The first-order chi connectivity index (χ1) is 14.3. The third kappa shape index (κ3) is 3.47. The molecule has 1 heterocycles. The predicted molar refractivity (Wildman–Crippen MR) is 119 cm³/mol. The highest BCUT2D eigenvalue weighted by Gasteiger charge is 2.49. The molecule has 4 rings (SSSR count). The van der Waals surface area contributed by atoms with Crippen molar-refractivity contribution in [2.75, 3.05) is 6.54 Å². The van der Waals surface area contributed by atoms with Crippen molar-refractivity contribution in [2.24, 2.45) is 0 Å². The molecule has 3 aromatic rings. The van der Waals surface area contributed by atoms with Gasteiger partial charge in [0.05, 0.1) is 10.9 Å². The van der Waals surface area contributed by atoms with E-state index >= 15 is 0 Å². The van der Waals surface area contributed by atoms with Crippen LogP contribution in [0.25, 0.3) is 0 Å². The zero-order chi connectivity index (χ0) is 21.4. The van der Waals surface area contributed by atoms with Crippen molar-refractivity contribution in [3.05, 3.63) is 101 Å². The van der Waals surface area contributed by atoms with Gasteiger partial charge >= 0.3 is 0 Å². The molecule has 1 atom stereocenters. The summed E-state index contributed by atoms with van der Waals surface area (Å²) in [5.74, 6) is 0. The van der Waals surface area contributed by atoms with Crippen LogP contribution in [0.15, 0.2) is 83.8 Å². The smallest absolute Gasteiger partial charge is 0.243 e. The van der Waals surface area contributed by atoms with E-state index in [9.17, 15) is 13.5 Å². The Morgan fingerprint density at radius 3 is 2.03 bits per heavy atom. The average molecular weight is 422 g/mol. The molecule has 0 aliphatic carbocycles. The summed E-state index contributed by atoms with van der Waals surface area (Å²) in [6, 6.07) is 23.7. The number of rotatable bonds is 5. The number of aryl methyl sites for hydroxylation is 2. The zero-order valence-electron chi connectivity index (χ0n) is 17.3. The van der Waals surface area contributed by atoms with E-state index < -0.39 is 21.7 Å². The lowest BCUT2D eigenvalue weighted by molar-refractivity contribution is 0.0204. The number of hydrogen-bond donors (Lipinski definition) is 1. The first kappa shape index (κ1) is 20.8. The average Bonchev–Trinajstić information content (AvgIpc) is 3.27. The van der Waals surface area contributed by atoms with E-state index in [2.05, 4.69) is 0 Å². The molecular formula is C25H27NO3S. The van der Waals surface area contributed by atoms with Gasteiger partial charge in [-0.2, -0.15) is 4.31 Å². The SMILES string of the molecule is Cc1ccc(C)c(S(=O)(=O)N2CCC[C@H]2C(O)(c2ccccc2)c2ccccc2)c1. The Hall–Kier alpha value is -2.47. The van der Waals surface area contributed by atoms with Crippen molar-refractivity contribution in [1.29, 1.82) is 0 Å². The fraction of sp³-hybridized carbons (Fsp3) is 0.280. The van der Waals surface area contributed by atoms with Gasteiger partial charge in [-0.1, -0.05) is 72.8 Å². The maximum Gasteiger partial charge on any atom is 0.243 e. The lowest BCUT2D eigenvalue weighted by Gasteiger charge is -2.39. The second kappa shape index (κ2) is 7.99. The minimum atomic E-state index is -3.77. The number of hydrogen-bond acceptors (Lipinski definition) is 3. The van der Waals surface area contributed by atoms with Gasteiger partial charge in [-0.3, -0.25) is 0 Å². The molecule has 5 heteroatoms. The second-order valence-corrected chi connectivity index (χ2v) is 9.90. The van der Waals surface area contributed by atoms with Crippen molar-refractivity contribution in [3.63, 3.8) is 0 Å². The van der Waals surface area contributed by atoms with E-state index in [0.717, 1.165) is 5.56 Å². The summed E-state index contributed by atoms with van der Waals surface area (Å²) < 4.78 is 29.0. The van der Waals surface area contributed by atoms with Crippen molar-refractivity contribution in [3.8, 4) is 0 Å². The van der Waals surface area contributed by atoms with Crippen molar-refractivity contribution in [1.82, 2.24) is 4.31 Å². The van der Waals surface area contributed by atoms with Crippen LogP contribution in [0.1, 0.15) is 35.1 Å². The molecule has 0 amide bonds. The Morgan fingerprint density at radius 2 is 1.47 bits per heavy atom. The maximum atomic E-state index is 13.7. The Labute approximate surface area is 178 Å². The summed E-state index contributed by atoms with van der Waals surface area (Å²) in [7, 11) is -3.77. The highest BCUT2D eigenvalue weighted by molar-refractivity contribution is 7.89. The van der Waals surface area contributed by atoms with Crippen LogP contribution < -0.4 is 0 Å². The Kier molecular flexibility index (Phi) is 5.53. The van der Waals surface area contributed by atoms with Crippen LogP contribution in [0, 0.1) is 13.8 Å². The molecule has 1 N–H and O–H groups in total. The summed E-state index contributed by atoms with van der Waals surface area (Å²) in [5, 5.41) is 12.2. The molecule has 1 fully saturated rings. The van der Waals surface area contributed by atoms with Gasteiger partial charge in [0, 0.05) is 6.54 Å². The van der Waals surface area contributed by atoms with Crippen LogP contribution in [0.3, 0.4) is 0 Å². The van der Waals surface area contributed by atoms with Crippen LogP contribution in [0.2, 0.25) is 0 Å². The molecular weight excluding hydrogens is 394 g/mol. The van der Waals surface area contributed by atoms with E-state index in [1.807, 2.05) is 86.6 Å². The summed E-state index contributed by atoms with van der Waals surface area (Å²) in [5.41, 5.74) is 1.57. The molecule has 0 radical (unpaired) electrons. The lowest BCUT2D eigenvalue weighted by Crippen LogP contribution is -2.50. The fourth-order valence-electron chi connectivity index (χ4n) is 4.49. The van der Waals surface area contributed by atoms with Crippen molar-refractivity contribution < 1.29 is 13.5 Å². The van der Waals surface area contributed by atoms with Gasteiger partial charge in [0.15, 0.2) is 0 Å². The Bertz CT molecular complexity index is 1090. The Balaban J connectivity index is 1.87. The molecule has 0 saturated carbocycles. The molecule has 0 spiro atoms. The summed E-state index contributed by atoms with van der Waals surface area (Å²) in [6.45, 7) is 4.10. The number of nitrogens with zero attached hydrogens (tertiary/aromatic N) is 1. The first-order valence-corrected chi connectivity index (χ1v) is 11.7. The van der Waals surface area contributed by atoms with E-state index in [1.165, 1.54) is 4.31 Å². The van der Waals surface area contributed by atoms with E-state index in [-0.39, 0.29) is 0 Å². The van der Waals surface area contributed by atoms with E-state index in [0.29, 0.717) is 41.0 Å². The molecule has 0 unspecified atom stereocenters. The van der Waals surface area contributed by atoms with Crippen LogP contribution >= 0.6 is 0 Å². The van der Waals surface area contributed by atoms with Crippen LogP contribution in [-0.4, -0.2) is 30.4 Å². The van der Waals surface area contributed by atoms with Crippen LogP contribution in [0.5, 0.6) is 0 Å². The fourth-order valence-corrected chi connectivity index (χ4v) is 6.52. The molecule has 1 aliphatic heterocycles. The van der Waals surface area contributed by atoms with E-state index in [4.69, 9.17) is 0 Å². The molecule has 1 saturated heterocycles. The molecule has 0 aromatic heterocycles. The number of benzene rings is 3. The largest absolute Gasteiger partial charge is 0.379 e. The quantitative estimate of drug-likeness (QED) is 0.665. The van der Waals surface area contributed by atoms with Gasteiger partial charge < -0.3 is 5.11 Å². The standard InChI is InChI=1S/C25H27NO3S/c1-19-15-16-20(2)23(18-19)30(28,29)26-17-9-14-24(26)25(27,21-10-5-3-6-11-21)22-12-7-4-8-13-22/h3-8,10-13,15-16,18,24,27H,9,14,17H2,1-2H3/t24-/m0/s1. The molecule has 1 aliphatic rings. The topological polar surface area (TPSA) is 57.6 Å². The minimum absolute atomic E-state index is 0.317. The number of sulfonamides is 1. The highest BCUT2D eigenvalue weighted by Crippen LogP contribution is 2.42. The van der Waals surface area contributed by atoms with Crippen LogP contribution in [-0.2, 0) is 15.6 Å². The summed E-state index contributed by atoms with van der Waals surface area (Å²) in [4.78, 5) is 0.317. The maximum absolute atomic E-state index is 13.7. The number of aliphatic hydroxyl groups is 1. The zero-order valence-corrected chi connectivity index (χ0v) is 18.1. The van der Waals surface area contributed by atoms with Gasteiger partial charge in [-0.25, -0.2) is 8.42 Å². The van der Waals surface area contributed by atoms with Crippen molar-refractivity contribution in [2.45, 2.75) is 43.2 Å². The highest BCUT2D eigenvalue weighted by atomic mass is 32.2. The lowest BCUT2D eigenvalue weighted by atomic mass is 9.79. The van der Waals surface area contributed by atoms with Crippen LogP contribution in [0.4, 0.5) is 0 Å².